The van der Waals surface area contributed by atoms with Gasteiger partial charge < -0.3 is 19.7 Å². The van der Waals surface area contributed by atoms with E-state index in [0.717, 1.165) is 36.9 Å². The number of nitrogens with zero attached hydrogens (tertiary/aromatic N) is 2. The summed E-state index contributed by atoms with van der Waals surface area (Å²) in [6, 6.07) is 13.4. The zero-order chi connectivity index (χ0) is 25.1. The highest BCUT2D eigenvalue weighted by Crippen LogP contribution is 2.39. The summed E-state index contributed by atoms with van der Waals surface area (Å²) in [4.78, 5) is 17.8. The van der Waals surface area contributed by atoms with E-state index in [4.69, 9.17) is 9.47 Å². The lowest BCUT2D eigenvalue weighted by Crippen LogP contribution is -2.61. The number of para-hydroxylation sites is 1. The molecule has 2 aromatic carbocycles. The topological polar surface area (TPSA) is 54.0 Å². The van der Waals surface area contributed by atoms with E-state index >= 15 is 0 Å². The highest BCUT2D eigenvalue weighted by molar-refractivity contribution is 5.82. The van der Waals surface area contributed by atoms with Gasteiger partial charge in [0.1, 0.15) is 12.4 Å². The van der Waals surface area contributed by atoms with Crippen LogP contribution in [0.1, 0.15) is 24.0 Å². The molecule has 0 aromatic heterocycles. The Kier molecular flexibility index (Phi) is 7.39. The second kappa shape index (κ2) is 10.7. The zero-order valence-corrected chi connectivity index (χ0v) is 20.2. The quantitative estimate of drug-likeness (QED) is 0.624. The minimum Gasteiger partial charge on any atom is -0.492 e. The van der Waals surface area contributed by atoms with Crippen LogP contribution in [0.4, 0.5) is 18.9 Å². The van der Waals surface area contributed by atoms with Gasteiger partial charge in [0, 0.05) is 45.0 Å². The summed E-state index contributed by atoms with van der Waals surface area (Å²) >= 11 is 0. The van der Waals surface area contributed by atoms with Gasteiger partial charge in [-0.3, -0.25) is 9.69 Å². The van der Waals surface area contributed by atoms with Gasteiger partial charge in [0.25, 0.3) is 0 Å². The maximum atomic E-state index is 13.4. The number of hydrogen-bond donors (Lipinski definition) is 1. The van der Waals surface area contributed by atoms with Crippen LogP contribution in [-0.4, -0.2) is 68.9 Å². The molecule has 3 aliphatic rings. The third kappa shape index (κ3) is 5.62. The Balaban J connectivity index is 1.31. The SMILES string of the molecule is O=C(NC[C@@H]1CCCO1)[C@H]1Cc2cc(C(F)(F)F)ccc2N2CCN(CCOc3ccccc3)C[C@@H]12. The second-order valence-corrected chi connectivity index (χ2v) is 9.75. The van der Waals surface area contributed by atoms with Crippen LogP contribution < -0.4 is 15.0 Å². The van der Waals surface area contributed by atoms with Gasteiger partial charge in [-0.05, 0) is 55.2 Å². The molecule has 0 radical (unpaired) electrons. The van der Waals surface area contributed by atoms with E-state index in [1.54, 1.807) is 6.07 Å². The molecule has 9 heteroatoms. The molecule has 2 fully saturated rings. The maximum Gasteiger partial charge on any atom is 0.416 e. The predicted octanol–water partition coefficient (Wildman–Crippen LogP) is 3.74. The van der Waals surface area contributed by atoms with Crippen molar-refractivity contribution in [3.63, 3.8) is 0 Å². The molecule has 3 aliphatic heterocycles. The summed E-state index contributed by atoms with van der Waals surface area (Å²) in [6.07, 6.45) is -2.23. The van der Waals surface area contributed by atoms with Crippen molar-refractivity contribution in [2.75, 3.05) is 50.8 Å². The lowest BCUT2D eigenvalue weighted by molar-refractivity contribution is -0.137. The molecular weight excluding hydrogens is 471 g/mol. The smallest absolute Gasteiger partial charge is 0.416 e. The monoisotopic (exact) mass is 503 g/mol. The number of amides is 1. The summed E-state index contributed by atoms with van der Waals surface area (Å²) in [5.74, 6) is 0.251. The molecule has 6 nitrogen and oxygen atoms in total. The van der Waals surface area contributed by atoms with E-state index in [-0.39, 0.29) is 24.5 Å². The normalized spacial score (nSPS) is 24.2. The first-order valence-corrected chi connectivity index (χ1v) is 12.6. The van der Waals surface area contributed by atoms with Crippen molar-refractivity contribution in [1.82, 2.24) is 10.2 Å². The Morgan fingerprint density at radius 3 is 2.72 bits per heavy atom. The average molecular weight is 504 g/mol. The predicted molar refractivity (Wildman–Crippen MR) is 130 cm³/mol. The lowest BCUT2D eigenvalue weighted by Gasteiger charge is -2.49. The molecule has 1 N–H and O–H groups in total. The Labute approximate surface area is 209 Å². The molecule has 36 heavy (non-hydrogen) atoms. The first-order chi connectivity index (χ1) is 17.4. The van der Waals surface area contributed by atoms with E-state index in [0.29, 0.717) is 45.0 Å². The molecule has 0 unspecified atom stereocenters. The Bertz CT molecular complexity index is 1040. The number of fused-ring (bicyclic) bond motifs is 3. The molecule has 0 spiro atoms. The number of ether oxygens (including phenoxy) is 2. The summed E-state index contributed by atoms with van der Waals surface area (Å²) in [7, 11) is 0. The number of alkyl halides is 3. The van der Waals surface area contributed by atoms with Crippen LogP contribution in [-0.2, 0) is 22.1 Å². The molecule has 2 saturated heterocycles. The summed E-state index contributed by atoms with van der Waals surface area (Å²) < 4.78 is 51.7. The van der Waals surface area contributed by atoms with Gasteiger partial charge in [-0.15, -0.1) is 0 Å². The van der Waals surface area contributed by atoms with E-state index in [1.165, 1.54) is 6.07 Å². The highest BCUT2D eigenvalue weighted by Gasteiger charge is 2.42. The molecule has 3 atom stereocenters. The minimum absolute atomic E-state index is 0.00996. The van der Waals surface area contributed by atoms with Crippen LogP contribution in [0.5, 0.6) is 5.75 Å². The van der Waals surface area contributed by atoms with E-state index < -0.39 is 17.7 Å². The first-order valence-electron chi connectivity index (χ1n) is 12.6. The average Bonchev–Trinajstić information content (AvgIpc) is 3.40. The number of carbonyl (C=O) groups excluding carboxylic acids is 1. The molecule has 0 aliphatic carbocycles. The van der Waals surface area contributed by atoms with Gasteiger partial charge in [-0.1, -0.05) is 18.2 Å². The molecule has 5 rings (SSSR count). The number of halogens is 3. The van der Waals surface area contributed by atoms with Crippen LogP contribution in [0.25, 0.3) is 0 Å². The van der Waals surface area contributed by atoms with Crippen LogP contribution in [0.15, 0.2) is 48.5 Å². The zero-order valence-electron chi connectivity index (χ0n) is 20.2. The Hall–Kier alpha value is -2.78. The third-order valence-electron chi connectivity index (χ3n) is 7.41. The Morgan fingerprint density at radius 1 is 1.14 bits per heavy atom. The van der Waals surface area contributed by atoms with Crippen LogP contribution in [0.3, 0.4) is 0 Å². The standard InChI is InChI=1S/C27H32F3N3O3/c28-27(29,30)20-8-9-24-19(15-20)16-23(26(34)31-17-22-7-4-13-35-22)25-18-32(10-11-33(24)25)12-14-36-21-5-2-1-3-6-21/h1-3,5-6,8-9,15,22-23,25H,4,7,10-14,16-18H2,(H,31,34)/t22-,23-,25-/m0/s1. The molecule has 3 heterocycles. The minimum atomic E-state index is -4.42. The highest BCUT2D eigenvalue weighted by atomic mass is 19.4. The van der Waals surface area contributed by atoms with Gasteiger partial charge in [-0.25, -0.2) is 0 Å². The van der Waals surface area contributed by atoms with Gasteiger partial charge in [0.15, 0.2) is 0 Å². The summed E-state index contributed by atoms with van der Waals surface area (Å²) in [6.45, 7) is 4.42. The van der Waals surface area contributed by atoms with Crippen LogP contribution in [0.2, 0.25) is 0 Å². The number of rotatable bonds is 7. The lowest BCUT2D eigenvalue weighted by atomic mass is 9.82. The van der Waals surface area contributed by atoms with Crippen molar-refractivity contribution in [1.29, 1.82) is 0 Å². The molecule has 0 bridgehead atoms. The Morgan fingerprint density at radius 2 is 1.97 bits per heavy atom. The van der Waals surface area contributed by atoms with Crippen LogP contribution in [0, 0.1) is 5.92 Å². The molecule has 2 aromatic rings. The fourth-order valence-corrected chi connectivity index (χ4v) is 5.52. The second-order valence-electron chi connectivity index (χ2n) is 9.75. The van der Waals surface area contributed by atoms with Crippen LogP contribution >= 0.6 is 0 Å². The van der Waals surface area contributed by atoms with E-state index in [1.807, 2.05) is 30.3 Å². The van der Waals surface area contributed by atoms with Gasteiger partial charge in [0.2, 0.25) is 5.91 Å². The van der Waals surface area contributed by atoms with Gasteiger partial charge in [-0.2, -0.15) is 13.2 Å². The van der Waals surface area contributed by atoms with Crippen molar-refractivity contribution in [3.05, 3.63) is 59.7 Å². The third-order valence-corrected chi connectivity index (χ3v) is 7.41. The molecule has 0 saturated carbocycles. The number of nitrogens with one attached hydrogen (secondary N) is 1. The molecule has 194 valence electrons. The van der Waals surface area contributed by atoms with Gasteiger partial charge >= 0.3 is 6.18 Å². The largest absolute Gasteiger partial charge is 0.492 e. The number of carbonyl (C=O) groups is 1. The number of hydrogen-bond acceptors (Lipinski definition) is 5. The van der Waals surface area contributed by atoms with Crippen molar-refractivity contribution in [2.24, 2.45) is 5.92 Å². The van der Waals surface area contributed by atoms with Crippen molar-refractivity contribution in [3.8, 4) is 5.75 Å². The summed E-state index contributed by atoms with van der Waals surface area (Å²) in [5.41, 5.74) is 0.713. The number of benzene rings is 2. The molecular formula is C27H32F3N3O3. The summed E-state index contributed by atoms with van der Waals surface area (Å²) in [5, 5.41) is 3.03. The number of anilines is 1. The van der Waals surface area contributed by atoms with Crippen molar-refractivity contribution < 1.29 is 27.4 Å². The maximum absolute atomic E-state index is 13.4. The van der Waals surface area contributed by atoms with E-state index in [2.05, 4.69) is 15.1 Å². The van der Waals surface area contributed by atoms with Crippen molar-refractivity contribution >= 4 is 11.6 Å². The first kappa shape index (κ1) is 24.9. The fraction of sp³-hybridized carbons (Fsp3) is 0.519. The van der Waals surface area contributed by atoms with Crippen molar-refractivity contribution in [2.45, 2.75) is 37.6 Å². The number of piperazine rings is 1. The fourth-order valence-electron chi connectivity index (χ4n) is 5.52. The molecule has 1 amide bonds. The van der Waals surface area contributed by atoms with E-state index in [9.17, 15) is 18.0 Å². The van der Waals surface area contributed by atoms with Gasteiger partial charge in [0.05, 0.1) is 23.6 Å².